The van der Waals surface area contributed by atoms with E-state index in [0.29, 0.717) is 10.9 Å². The van der Waals surface area contributed by atoms with E-state index in [0.717, 1.165) is 48.0 Å². The maximum atomic E-state index is 6.14. The topological polar surface area (TPSA) is 111 Å². The van der Waals surface area contributed by atoms with Crippen LogP contribution in [0.4, 0.5) is 0 Å². The van der Waals surface area contributed by atoms with Gasteiger partial charge in [0.25, 0.3) is 0 Å². The number of nitrogens with two attached hydrogens (primary N) is 2. The Kier molecular flexibility index (Phi) is 14.5. The number of hydrazine groups is 1. The summed E-state index contributed by atoms with van der Waals surface area (Å²) in [6.07, 6.45) is 17.6. The Labute approximate surface area is 227 Å². The summed E-state index contributed by atoms with van der Waals surface area (Å²) in [6.45, 7) is 7.34. The Morgan fingerprint density at radius 3 is 1.94 bits per heavy atom. The zero-order valence-electron chi connectivity index (χ0n) is 22.8. The highest BCUT2D eigenvalue weighted by Crippen LogP contribution is 2.30. The molecule has 2 rings (SSSR count). The number of unbranched alkanes of at least 4 members (excludes halogenated alkanes) is 12. The third-order valence-electron chi connectivity index (χ3n) is 6.42. The third kappa shape index (κ3) is 10.8. The zero-order valence-corrected chi connectivity index (χ0v) is 24.4. The number of amidine groups is 1. The summed E-state index contributed by atoms with van der Waals surface area (Å²) in [6, 6.07) is 0. The van der Waals surface area contributed by atoms with E-state index >= 15 is 0 Å². The van der Waals surface area contributed by atoms with Gasteiger partial charge in [0, 0.05) is 25.3 Å². The van der Waals surface area contributed by atoms with Crippen LogP contribution in [0.5, 0.6) is 0 Å². The molecule has 0 saturated carbocycles. The predicted molar refractivity (Wildman–Crippen MR) is 154 cm³/mol. The quantitative estimate of drug-likeness (QED) is 0.0312. The Morgan fingerprint density at radius 2 is 1.44 bits per heavy atom. The van der Waals surface area contributed by atoms with Crippen molar-refractivity contribution in [2.24, 2.45) is 16.8 Å². The van der Waals surface area contributed by atoms with Crippen molar-refractivity contribution in [2.75, 3.05) is 7.05 Å². The minimum absolute atomic E-state index is 0.277. The molecule has 2 aromatic rings. The minimum atomic E-state index is 0.277. The smallest absolute Gasteiger partial charge is 0.225 e. The molecule has 0 saturated heterocycles. The first-order valence-corrected chi connectivity index (χ1v) is 14.9. The molecule has 36 heavy (non-hydrogen) atoms. The van der Waals surface area contributed by atoms with Gasteiger partial charge in [0.2, 0.25) is 5.28 Å². The summed E-state index contributed by atoms with van der Waals surface area (Å²) in [5.41, 5.74) is 1.75. The monoisotopic (exact) mass is 538 g/mol. The van der Waals surface area contributed by atoms with Gasteiger partial charge in [0.1, 0.15) is 22.2 Å². The molecule has 0 amide bonds. The second-order valence-electron chi connectivity index (χ2n) is 9.95. The maximum absolute atomic E-state index is 6.14. The van der Waals surface area contributed by atoms with Crippen molar-refractivity contribution in [3.63, 3.8) is 0 Å². The number of aryl methyl sites for hydroxylation is 2. The molecular weight excluding hydrogens is 492 g/mol. The summed E-state index contributed by atoms with van der Waals surface area (Å²) in [5, 5.41) is 6.89. The molecule has 0 aromatic carbocycles. The number of nitrogens with zero attached hydrogens (tertiary/aromatic N) is 6. The van der Waals surface area contributed by atoms with Gasteiger partial charge in [-0.2, -0.15) is 10.1 Å². The standard InChI is InChI=1S/C26H47ClN8S/c1-20(2)36-25-23-24(31-26(27)32-25)30-21(3)35(23)19-17-15-13-11-9-7-5-6-8-10-12-14-16-18-22(33-28)34(4)29/h20H,5-19,28-29H2,1-4H3/b33-22-. The number of thioether (sulfide) groups is 1. The molecule has 0 aliphatic rings. The van der Waals surface area contributed by atoms with E-state index in [9.17, 15) is 0 Å². The van der Waals surface area contributed by atoms with Gasteiger partial charge in [0.05, 0.1) is 0 Å². The average Bonchev–Trinajstić information content (AvgIpc) is 3.12. The van der Waals surface area contributed by atoms with E-state index in [4.69, 9.17) is 23.3 Å². The lowest BCUT2D eigenvalue weighted by atomic mass is 10.0. The van der Waals surface area contributed by atoms with Gasteiger partial charge in [0.15, 0.2) is 5.65 Å². The van der Waals surface area contributed by atoms with Crippen LogP contribution in [0.25, 0.3) is 11.2 Å². The third-order valence-corrected chi connectivity index (χ3v) is 7.57. The SMILES string of the molecule is Cc1nc2nc(Cl)nc(SC(C)C)c2n1CCCCCCCCCCCCCCC/C(=N/N)N(C)N. The number of imidazole rings is 1. The van der Waals surface area contributed by atoms with E-state index in [1.54, 1.807) is 18.8 Å². The Bertz CT molecular complexity index is 928. The summed E-state index contributed by atoms with van der Waals surface area (Å²) >= 11 is 7.86. The lowest BCUT2D eigenvalue weighted by Crippen LogP contribution is -2.33. The van der Waals surface area contributed by atoms with Crippen molar-refractivity contribution in [1.82, 2.24) is 24.5 Å². The molecule has 0 atom stereocenters. The molecule has 0 unspecified atom stereocenters. The summed E-state index contributed by atoms with van der Waals surface area (Å²) in [4.78, 5) is 13.5. The number of rotatable bonds is 18. The minimum Gasteiger partial charge on any atom is -0.325 e. The van der Waals surface area contributed by atoms with Crippen LogP contribution >= 0.6 is 23.4 Å². The number of fused-ring (bicyclic) bond motifs is 1. The highest BCUT2D eigenvalue weighted by Gasteiger charge is 2.17. The van der Waals surface area contributed by atoms with E-state index in [1.165, 1.54) is 75.6 Å². The largest absolute Gasteiger partial charge is 0.325 e. The van der Waals surface area contributed by atoms with E-state index in [1.807, 2.05) is 6.92 Å². The van der Waals surface area contributed by atoms with Gasteiger partial charge in [-0.25, -0.2) is 15.8 Å². The molecule has 0 radical (unpaired) electrons. The first-order valence-electron chi connectivity index (χ1n) is 13.7. The molecule has 4 N–H and O–H groups in total. The summed E-state index contributed by atoms with van der Waals surface area (Å²) in [7, 11) is 1.78. The fourth-order valence-corrected chi connectivity index (χ4v) is 5.61. The van der Waals surface area contributed by atoms with Crippen molar-refractivity contribution in [1.29, 1.82) is 0 Å². The zero-order chi connectivity index (χ0) is 26.3. The molecule has 10 heteroatoms. The summed E-state index contributed by atoms with van der Waals surface area (Å²) in [5.74, 6) is 12.8. The normalized spacial score (nSPS) is 12.2. The van der Waals surface area contributed by atoms with Gasteiger partial charge in [-0.15, -0.1) is 11.8 Å². The molecule has 0 bridgehead atoms. The Morgan fingerprint density at radius 1 is 0.917 bits per heavy atom. The van der Waals surface area contributed by atoms with Gasteiger partial charge in [-0.1, -0.05) is 84.5 Å². The molecule has 0 spiro atoms. The van der Waals surface area contributed by atoms with Crippen LogP contribution in [0.15, 0.2) is 10.1 Å². The number of aromatic nitrogens is 4. The fraction of sp³-hybridized carbons (Fsp3) is 0.769. The van der Waals surface area contributed by atoms with Crippen LogP contribution in [0.2, 0.25) is 5.28 Å². The molecular formula is C26H47ClN8S. The predicted octanol–water partition coefficient (Wildman–Crippen LogP) is 6.83. The lowest BCUT2D eigenvalue weighted by molar-refractivity contribution is 0.507. The molecule has 2 aromatic heterocycles. The van der Waals surface area contributed by atoms with Crippen LogP contribution in [0, 0.1) is 6.92 Å². The Hall–Kier alpha value is -1.58. The molecule has 204 valence electrons. The Balaban J connectivity index is 1.53. The first kappa shape index (κ1) is 30.6. The summed E-state index contributed by atoms with van der Waals surface area (Å²) < 4.78 is 2.28. The van der Waals surface area contributed by atoms with Gasteiger partial charge in [-0.3, -0.25) is 0 Å². The fourth-order valence-electron chi connectivity index (χ4n) is 4.50. The van der Waals surface area contributed by atoms with Crippen molar-refractivity contribution in [2.45, 2.75) is 127 Å². The maximum Gasteiger partial charge on any atom is 0.225 e. The number of halogens is 1. The second-order valence-corrected chi connectivity index (χ2v) is 11.9. The molecule has 8 nitrogen and oxygen atoms in total. The van der Waals surface area contributed by atoms with Crippen LogP contribution < -0.4 is 11.7 Å². The molecule has 2 heterocycles. The number of hydrogen-bond donors (Lipinski definition) is 2. The van der Waals surface area contributed by atoms with Gasteiger partial charge in [-0.05, 0) is 31.4 Å². The van der Waals surface area contributed by atoms with E-state index < -0.39 is 0 Å². The van der Waals surface area contributed by atoms with Crippen molar-refractivity contribution in [3.05, 3.63) is 11.1 Å². The van der Waals surface area contributed by atoms with Gasteiger partial charge < -0.3 is 15.4 Å². The van der Waals surface area contributed by atoms with Crippen molar-refractivity contribution in [3.8, 4) is 0 Å². The molecule has 0 fully saturated rings. The van der Waals surface area contributed by atoms with Crippen LogP contribution in [-0.4, -0.2) is 42.7 Å². The van der Waals surface area contributed by atoms with Crippen molar-refractivity contribution >= 4 is 40.4 Å². The highest BCUT2D eigenvalue weighted by molar-refractivity contribution is 8.00. The van der Waals surface area contributed by atoms with E-state index in [2.05, 4.69) is 38.5 Å². The molecule has 0 aliphatic carbocycles. The van der Waals surface area contributed by atoms with Crippen molar-refractivity contribution < 1.29 is 0 Å². The highest BCUT2D eigenvalue weighted by atomic mass is 35.5. The van der Waals surface area contributed by atoms with E-state index in [-0.39, 0.29) is 5.28 Å². The second kappa shape index (κ2) is 17.0. The van der Waals surface area contributed by atoms with Gasteiger partial charge >= 0.3 is 0 Å². The molecule has 0 aliphatic heterocycles. The van der Waals surface area contributed by atoms with Crippen LogP contribution in [0.3, 0.4) is 0 Å². The van der Waals surface area contributed by atoms with Crippen LogP contribution in [-0.2, 0) is 6.54 Å². The first-order chi connectivity index (χ1) is 17.3. The lowest BCUT2D eigenvalue weighted by Gasteiger charge is -2.13. The number of hydrogen-bond acceptors (Lipinski definition) is 7. The average molecular weight is 539 g/mol. The number of hydrazone groups is 1. The van der Waals surface area contributed by atoms with Crippen LogP contribution in [0.1, 0.15) is 110 Å².